The van der Waals surface area contributed by atoms with Gasteiger partial charge in [0, 0.05) is 10.6 Å². The van der Waals surface area contributed by atoms with E-state index in [-0.39, 0.29) is 5.82 Å². The zero-order valence-corrected chi connectivity index (χ0v) is 11.1. The van der Waals surface area contributed by atoms with E-state index in [1.807, 2.05) is 32.0 Å². The van der Waals surface area contributed by atoms with Crippen molar-refractivity contribution < 1.29 is 4.39 Å². The average Bonchev–Trinajstić information content (AvgIpc) is 2.34. The van der Waals surface area contributed by atoms with E-state index in [9.17, 15) is 4.39 Å². The average molecular weight is 264 g/mol. The van der Waals surface area contributed by atoms with Gasteiger partial charge in [-0.2, -0.15) is 0 Å². The van der Waals surface area contributed by atoms with Crippen LogP contribution in [0.25, 0.3) is 0 Å². The van der Waals surface area contributed by atoms with E-state index in [0.717, 1.165) is 16.7 Å². The van der Waals surface area contributed by atoms with Crippen LogP contribution in [0.3, 0.4) is 0 Å². The lowest BCUT2D eigenvalue weighted by molar-refractivity contribution is 0.599. The maximum atomic E-state index is 13.8. The molecule has 0 aliphatic rings. The number of hydrogen-bond donors (Lipinski definition) is 1. The van der Waals surface area contributed by atoms with Gasteiger partial charge in [0.1, 0.15) is 5.82 Å². The van der Waals surface area contributed by atoms with Gasteiger partial charge in [-0.25, -0.2) is 4.39 Å². The van der Waals surface area contributed by atoms with Crippen molar-refractivity contribution in [2.24, 2.45) is 5.73 Å². The van der Waals surface area contributed by atoms with Crippen LogP contribution in [0.4, 0.5) is 4.39 Å². The summed E-state index contributed by atoms with van der Waals surface area (Å²) in [5, 5.41) is 0.493. The van der Waals surface area contributed by atoms with Crippen LogP contribution in [0.1, 0.15) is 28.3 Å². The third-order valence-corrected chi connectivity index (χ3v) is 3.30. The summed E-state index contributed by atoms with van der Waals surface area (Å²) in [5.74, 6) is -0.326. The zero-order chi connectivity index (χ0) is 13.3. The monoisotopic (exact) mass is 263 g/mol. The number of nitrogens with two attached hydrogens (primary N) is 1. The molecule has 1 nitrogen and oxygen atoms in total. The Balaban J connectivity index is 2.50. The lowest BCUT2D eigenvalue weighted by atomic mass is 9.94. The van der Waals surface area contributed by atoms with Gasteiger partial charge in [0.15, 0.2) is 0 Å². The Morgan fingerprint density at radius 2 is 1.78 bits per heavy atom. The van der Waals surface area contributed by atoms with E-state index in [2.05, 4.69) is 0 Å². The number of halogens is 2. The van der Waals surface area contributed by atoms with Gasteiger partial charge in [-0.1, -0.05) is 35.4 Å². The molecule has 0 saturated carbocycles. The van der Waals surface area contributed by atoms with Crippen LogP contribution in [0, 0.1) is 19.7 Å². The molecule has 0 aromatic heterocycles. The summed E-state index contributed by atoms with van der Waals surface area (Å²) in [6.07, 6.45) is 0. The van der Waals surface area contributed by atoms with Crippen molar-refractivity contribution in [1.29, 1.82) is 0 Å². The van der Waals surface area contributed by atoms with Crippen molar-refractivity contribution >= 4 is 11.6 Å². The second-order valence-electron chi connectivity index (χ2n) is 4.50. The van der Waals surface area contributed by atoms with Gasteiger partial charge in [0.25, 0.3) is 0 Å². The Bertz CT molecular complexity index is 529. The van der Waals surface area contributed by atoms with Gasteiger partial charge in [0.05, 0.1) is 6.04 Å². The number of aryl methyl sites for hydroxylation is 2. The van der Waals surface area contributed by atoms with Crippen LogP contribution in [0.5, 0.6) is 0 Å². The molecule has 2 aromatic rings. The Kier molecular flexibility index (Phi) is 3.69. The van der Waals surface area contributed by atoms with Gasteiger partial charge >= 0.3 is 0 Å². The van der Waals surface area contributed by atoms with Gasteiger partial charge < -0.3 is 5.73 Å². The molecule has 94 valence electrons. The number of hydrogen-bond acceptors (Lipinski definition) is 1. The maximum absolute atomic E-state index is 13.8. The van der Waals surface area contributed by atoms with E-state index >= 15 is 0 Å². The predicted octanol–water partition coefficient (Wildman–Crippen LogP) is 4.14. The molecule has 3 heteroatoms. The van der Waals surface area contributed by atoms with Gasteiger partial charge in [-0.3, -0.25) is 0 Å². The van der Waals surface area contributed by atoms with E-state index in [0.29, 0.717) is 10.6 Å². The van der Waals surface area contributed by atoms with Crippen molar-refractivity contribution in [2.45, 2.75) is 19.9 Å². The van der Waals surface area contributed by atoms with E-state index < -0.39 is 6.04 Å². The molecule has 0 heterocycles. The highest BCUT2D eigenvalue weighted by Crippen LogP contribution is 2.27. The summed E-state index contributed by atoms with van der Waals surface area (Å²) in [6, 6.07) is 9.96. The van der Waals surface area contributed by atoms with E-state index in [1.54, 1.807) is 6.07 Å². The minimum Gasteiger partial charge on any atom is -0.320 e. The second kappa shape index (κ2) is 5.09. The first-order valence-corrected chi connectivity index (χ1v) is 6.14. The first-order valence-electron chi connectivity index (χ1n) is 5.76. The number of benzene rings is 2. The van der Waals surface area contributed by atoms with E-state index in [1.165, 1.54) is 12.1 Å². The molecule has 2 aromatic carbocycles. The quantitative estimate of drug-likeness (QED) is 0.866. The molecule has 0 fully saturated rings. The lowest BCUT2D eigenvalue weighted by Gasteiger charge is -2.17. The Hall–Kier alpha value is -1.38. The summed E-state index contributed by atoms with van der Waals surface area (Å²) < 4.78 is 13.8. The fraction of sp³-hybridized carbons (Fsp3) is 0.200. The zero-order valence-electron chi connectivity index (χ0n) is 10.4. The molecule has 0 bridgehead atoms. The predicted molar refractivity (Wildman–Crippen MR) is 73.4 cm³/mol. The molecule has 1 unspecified atom stereocenters. The van der Waals surface area contributed by atoms with Crippen molar-refractivity contribution in [1.82, 2.24) is 0 Å². The lowest BCUT2D eigenvalue weighted by Crippen LogP contribution is -2.15. The second-order valence-corrected chi connectivity index (χ2v) is 4.94. The molecule has 2 N–H and O–H groups in total. The molecular formula is C15H15ClFN. The molecule has 18 heavy (non-hydrogen) atoms. The molecule has 0 radical (unpaired) electrons. The minimum atomic E-state index is -0.497. The van der Waals surface area contributed by atoms with Crippen LogP contribution >= 0.6 is 11.6 Å². The van der Waals surface area contributed by atoms with Crippen molar-refractivity contribution in [3.8, 4) is 0 Å². The molecular weight excluding hydrogens is 249 g/mol. The fourth-order valence-electron chi connectivity index (χ4n) is 2.02. The summed E-state index contributed by atoms with van der Waals surface area (Å²) in [5.41, 5.74) is 9.66. The largest absolute Gasteiger partial charge is 0.320 e. The number of rotatable bonds is 2. The van der Waals surface area contributed by atoms with Crippen molar-refractivity contribution in [3.63, 3.8) is 0 Å². The molecule has 2 rings (SSSR count). The highest BCUT2D eigenvalue weighted by Gasteiger charge is 2.16. The summed E-state index contributed by atoms with van der Waals surface area (Å²) in [4.78, 5) is 0. The summed E-state index contributed by atoms with van der Waals surface area (Å²) in [7, 11) is 0. The standard InChI is InChI=1S/C15H15ClFN/c1-9-3-4-10(2)12(7-9)15(18)13-8-11(16)5-6-14(13)17/h3-8,15H,18H2,1-2H3. The third kappa shape index (κ3) is 2.55. The molecule has 0 aliphatic heterocycles. The fourth-order valence-corrected chi connectivity index (χ4v) is 2.20. The highest BCUT2D eigenvalue weighted by molar-refractivity contribution is 6.30. The molecule has 0 spiro atoms. The molecule has 0 amide bonds. The third-order valence-electron chi connectivity index (χ3n) is 3.06. The van der Waals surface area contributed by atoms with Crippen LogP contribution < -0.4 is 5.73 Å². The Morgan fingerprint density at radius 3 is 2.50 bits per heavy atom. The normalized spacial score (nSPS) is 12.5. The van der Waals surface area contributed by atoms with E-state index in [4.69, 9.17) is 17.3 Å². The smallest absolute Gasteiger partial charge is 0.128 e. The molecule has 0 aliphatic carbocycles. The first-order chi connectivity index (χ1) is 8.49. The van der Waals surface area contributed by atoms with Crippen LogP contribution in [0.2, 0.25) is 5.02 Å². The summed E-state index contributed by atoms with van der Waals surface area (Å²) in [6.45, 7) is 3.96. The van der Waals surface area contributed by atoms with Gasteiger partial charge in [-0.15, -0.1) is 0 Å². The van der Waals surface area contributed by atoms with Crippen molar-refractivity contribution in [3.05, 3.63) is 69.5 Å². The molecule has 0 saturated heterocycles. The van der Waals surface area contributed by atoms with Gasteiger partial charge in [-0.05, 0) is 43.2 Å². The SMILES string of the molecule is Cc1ccc(C)c(C(N)c2cc(Cl)ccc2F)c1. The first kappa shape index (κ1) is 13.1. The Morgan fingerprint density at radius 1 is 1.06 bits per heavy atom. The highest BCUT2D eigenvalue weighted by atomic mass is 35.5. The van der Waals surface area contributed by atoms with Crippen molar-refractivity contribution in [2.75, 3.05) is 0 Å². The topological polar surface area (TPSA) is 26.0 Å². The van der Waals surface area contributed by atoms with Crippen LogP contribution in [0.15, 0.2) is 36.4 Å². The van der Waals surface area contributed by atoms with Crippen LogP contribution in [-0.4, -0.2) is 0 Å². The summed E-state index contributed by atoms with van der Waals surface area (Å²) >= 11 is 5.90. The minimum absolute atomic E-state index is 0.326. The van der Waals surface area contributed by atoms with Crippen LogP contribution in [-0.2, 0) is 0 Å². The maximum Gasteiger partial charge on any atom is 0.128 e. The Labute approximate surface area is 111 Å². The van der Waals surface area contributed by atoms with Gasteiger partial charge in [0.2, 0.25) is 0 Å². The molecule has 1 atom stereocenters.